The smallest absolute Gasteiger partial charge is 0.337 e. The molecule has 158 valence electrons. The van der Waals surface area contributed by atoms with Gasteiger partial charge in [-0.15, -0.1) is 0 Å². The molecule has 1 aromatic heterocycles. The minimum atomic E-state index is -0.878. The highest BCUT2D eigenvalue weighted by Crippen LogP contribution is 2.24. The molecule has 0 atom stereocenters. The third-order valence-electron chi connectivity index (χ3n) is 5.33. The molecule has 2 aromatic carbocycles. The summed E-state index contributed by atoms with van der Waals surface area (Å²) in [6.07, 6.45) is 0.984. The van der Waals surface area contributed by atoms with E-state index in [0.29, 0.717) is 31.8 Å². The summed E-state index contributed by atoms with van der Waals surface area (Å²) in [5, 5.41) is 13.2. The first kappa shape index (κ1) is 21.7. The van der Waals surface area contributed by atoms with E-state index in [-0.39, 0.29) is 0 Å². The summed E-state index contributed by atoms with van der Waals surface area (Å²) in [6.45, 7) is 8.52. The molecule has 5 heteroatoms. The zero-order valence-electron chi connectivity index (χ0n) is 17.9. The van der Waals surface area contributed by atoms with Crippen LogP contribution in [0.5, 0.6) is 5.75 Å². The summed E-state index contributed by atoms with van der Waals surface area (Å²) >= 11 is 0. The van der Waals surface area contributed by atoms with Crippen molar-refractivity contribution in [3.8, 4) is 5.75 Å². The highest BCUT2D eigenvalue weighted by Gasteiger charge is 2.22. The lowest BCUT2D eigenvalue weighted by molar-refractivity contribution is 0.0694. The van der Waals surface area contributed by atoms with Gasteiger partial charge in [0, 0.05) is 36.6 Å². The topological polar surface area (TPSA) is 63.5 Å². The van der Waals surface area contributed by atoms with Crippen LogP contribution in [0.1, 0.15) is 51.8 Å². The number of carboxylic acid groups (broad SMARTS) is 1. The number of nitrogens with one attached hydrogen (secondary N) is 1. The third-order valence-corrected chi connectivity index (χ3v) is 5.33. The minimum Gasteiger partial charge on any atom is -0.494 e. The van der Waals surface area contributed by atoms with E-state index in [1.165, 1.54) is 0 Å². The number of hydrogen-bond acceptors (Lipinski definition) is 3. The summed E-state index contributed by atoms with van der Waals surface area (Å²) in [4.78, 5) is 12.0. The Morgan fingerprint density at radius 3 is 2.30 bits per heavy atom. The maximum absolute atomic E-state index is 12.0. The van der Waals surface area contributed by atoms with Crippen LogP contribution >= 0.6 is 0 Å². The predicted molar refractivity (Wildman–Crippen MR) is 119 cm³/mol. The molecule has 30 heavy (non-hydrogen) atoms. The second kappa shape index (κ2) is 10.1. The number of carbonyl (C=O) groups is 1. The molecule has 0 saturated heterocycles. The fraction of sp³-hybridized carbons (Fsp3) is 0.320. The molecule has 0 aliphatic carbocycles. The number of carboxylic acids is 1. The Morgan fingerprint density at radius 2 is 1.67 bits per heavy atom. The largest absolute Gasteiger partial charge is 0.494 e. The maximum Gasteiger partial charge on any atom is 0.337 e. The van der Waals surface area contributed by atoms with Gasteiger partial charge in [0.2, 0.25) is 0 Å². The van der Waals surface area contributed by atoms with Crippen molar-refractivity contribution in [2.75, 3.05) is 6.61 Å². The highest BCUT2D eigenvalue weighted by atomic mass is 16.5. The van der Waals surface area contributed by atoms with Crippen molar-refractivity contribution in [2.45, 2.75) is 46.8 Å². The molecule has 5 nitrogen and oxygen atoms in total. The van der Waals surface area contributed by atoms with E-state index in [9.17, 15) is 9.90 Å². The monoisotopic (exact) mass is 406 g/mol. The van der Waals surface area contributed by atoms with E-state index in [4.69, 9.17) is 4.74 Å². The fourth-order valence-corrected chi connectivity index (χ4v) is 3.71. The highest BCUT2D eigenvalue weighted by molar-refractivity contribution is 5.91. The zero-order chi connectivity index (χ0) is 21.5. The van der Waals surface area contributed by atoms with Crippen LogP contribution in [0.2, 0.25) is 0 Å². The summed E-state index contributed by atoms with van der Waals surface area (Å²) in [5.41, 5.74) is 5.31. The first-order valence-electron chi connectivity index (χ1n) is 10.4. The molecule has 3 aromatic rings. The lowest BCUT2D eigenvalue weighted by Crippen LogP contribution is -2.15. The minimum absolute atomic E-state index is 0.402. The summed E-state index contributed by atoms with van der Waals surface area (Å²) in [6, 6.07) is 18.1. The Labute approximate surface area is 178 Å². The molecule has 0 bridgehead atoms. The molecule has 0 aliphatic rings. The van der Waals surface area contributed by atoms with Crippen LogP contribution in [0.3, 0.4) is 0 Å². The quantitative estimate of drug-likeness (QED) is 0.501. The van der Waals surface area contributed by atoms with Gasteiger partial charge in [-0.1, -0.05) is 49.4 Å². The van der Waals surface area contributed by atoms with Crippen LogP contribution in [0, 0.1) is 13.8 Å². The summed E-state index contributed by atoms with van der Waals surface area (Å²) in [7, 11) is 0. The van der Waals surface area contributed by atoms with Crippen LogP contribution in [0.4, 0.5) is 0 Å². The number of aromatic nitrogens is 1. The molecular formula is C25H30N2O3. The molecule has 0 saturated carbocycles. The van der Waals surface area contributed by atoms with Crippen molar-refractivity contribution < 1.29 is 14.6 Å². The van der Waals surface area contributed by atoms with Crippen molar-refractivity contribution in [3.63, 3.8) is 0 Å². The van der Waals surface area contributed by atoms with E-state index in [0.717, 1.165) is 40.2 Å². The summed E-state index contributed by atoms with van der Waals surface area (Å²) < 4.78 is 7.71. The zero-order valence-corrected chi connectivity index (χ0v) is 17.9. The van der Waals surface area contributed by atoms with Gasteiger partial charge in [0.25, 0.3) is 0 Å². The molecule has 0 aliphatic heterocycles. The second-order valence-corrected chi connectivity index (χ2v) is 7.50. The first-order chi connectivity index (χ1) is 14.5. The van der Waals surface area contributed by atoms with E-state index in [1.54, 1.807) is 0 Å². The third kappa shape index (κ3) is 5.10. The Balaban J connectivity index is 1.72. The average molecular weight is 407 g/mol. The number of hydrogen-bond donors (Lipinski definition) is 2. The molecule has 2 N–H and O–H groups in total. The molecule has 0 spiro atoms. The molecule has 0 radical (unpaired) electrons. The van der Waals surface area contributed by atoms with Gasteiger partial charge in [-0.3, -0.25) is 0 Å². The van der Waals surface area contributed by atoms with Crippen LogP contribution in [-0.4, -0.2) is 22.2 Å². The van der Waals surface area contributed by atoms with Gasteiger partial charge < -0.3 is 19.7 Å². The van der Waals surface area contributed by atoms with Gasteiger partial charge in [0.05, 0.1) is 12.2 Å². The Hall–Kier alpha value is -3.05. The Morgan fingerprint density at radius 1 is 0.967 bits per heavy atom. The van der Waals surface area contributed by atoms with Gasteiger partial charge in [-0.05, 0) is 43.5 Å². The molecule has 3 rings (SSSR count). The Kier molecular flexibility index (Phi) is 7.31. The number of benzene rings is 2. The molecular weight excluding hydrogens is 376 g/mol. The van der Waals surface area contributed by atoms with Crippen LogP contribution in [-0.2, 0) is 19.6 Å². The maximum atomic E-state index is 12.0. The van der Waals surface area contributed by atoms with Gasteiger partial charge in [0.1, 0.15) is 5.75 Å². The molecule has 1 heterocycles. The van der Waals surface area contributed by atoms with Crippen LogP contribution < -0.4 is 10.1 Å². The number of nitrogens with zero attached hydrogens (tertiary/aromatic N) is 1. The van der Waals surface area contributed by atoms with Crippen LogP contribution in [0.25, 0.3) is 0 Å². The number of rotatable bonds is 10. The second-order valence-electron chi connectivity index (χ2n) is 7.50. The van der Waals surface area contributed by atoms with E-state index in [1.807, 2.05) is 56.3 Å². The number of ether oxygens (including phenoxy) is 1. The van der Waals surface area contributed by atoms with E-state index >= 15 is 0 Å². The van der Waals surface area contributed by atoms with Crippen molar-refractivity contribution in [1.29, 1.82) is 0 Å². The van der Waals surface area contributed by atoms with Gasteiger partial charge in [-0.25, -0.2) is 4.79 Å². The van der Waals surface area contributed by atoms with Crippen molar-refractivity contribution in [3.05, 3.63) is 88.2 Å². The van der Waals surface area contributed by atoms with Gasteiger partial charge in [0.15, 0.2) is 0 Å². The normalized spacial score (nSPS) is 10.9. The molecule has 0 amide bonds. The first-order valence-corrected chi connectivity index (χ1v) is 10.4. The van der Waals surface area contributed by atoms with Crippen molar-refractivity contribution in [1.82, 2.24) is 9.88 Å². The SMILES string of the molecule is CCCOc1ccc(CNCc2c(C(=O)O)c(C)n(Cc3ccccc3)c2C)cc1. The van der Waals surface area contributed by atoms with E-state index in [2.05, 4.69) is 28.9 Å². The lowest BCUT2D eigenvalue weighted by Gasteiger charge is -2.10. The standard InChI is InChI=1S/C25H30N2O3/c1-4-14-30-22-12-10-20(11-13-22)15-26-16-23-18(2)27(19(3)24(23)25(28)29)17-21-8-6-5-7-9-21/h5-13,26H,4,14-17H2,1-3H3,(H,28,29). The Bertz CT molecular complexity index is 976. The molecule has 0 fully saturated rings. The predicted octanol–water partition coefficient (Wildman–Crippen LogP) is 4.93. The van der Waals surface area contributed by atoms with Crippen molar-refractivity contribution in [2.24, 2.45) is 0 Å². The summed E-state index contributed by atoms with van der Waals surface area (Å²) in [5.74, 6) is -0.00476. The van der Waals surface area contributed by atoms with Crippen molar-refractivity contribution >= 4 is 5.97 Å². The lowest BCUT2D eigenvalue weighted by atomic mass is 10.1. The average Bonchev–Trinajstić information content (AvgIpc) is 2.98. The van der Waals surface area contributed by atoms with Crippen LogP contribution in [0.15, 0.2) is 54.6 Å². The number of aromatic carboxylic acids is 1. The van der Waals surface area contributed by atoms with Gasteiger partial charge >= 0.3 is 5.97 Å². The molecule has 0 unspecified atom stereocenters. The fourth-order valence-electron chi connectivity index (χ4n) is 3.71. The van der Waals surface area contributed by atoms with E-state index < -0.39 is 5.97 Å². The van der Waals surface area contributed by atoms with Gasteiger partial charge in [-0.2, -0.15) is 0 Å².